The number of hydrogen-bond acceptors (Lipinski definition) is 7. The number of nitrogens with zero attached hydrogens (tertiary/aromatic N) is 2. The molecule has 8 nitrogen and oxygen atoms in total. The summed E-state index contributed by atoms with van der Waals surface area (Å²) >= 11 is 1.54. The Morgan fingerprint density at radius 2 is 2.07 bits per heavy atom. The second kappa shape index (κ2) is 8.44. The van der Waals surface area contributed by atoms with E-state index in [2.05, 4.69) is 17.2 Å². The fourth-order valence-electron chi connectivity index (χ4n) is 3.96. The highest BCUT2D eigenvalue weighted by Gasteiger charge is 2.43. The van der Waals surface area contributed by atoms with Gasteiger partial charge in [-0.25, -0.2) is 4.98 Å². The fraction of sp³-hybridized carbons (Fsp3) is 0.500. The van der Waals surface area contributed by atoms with E-state index in [9.17, 15) is 9.59 Å². The summed E-state index contributed by atoms with van der Waals surface area (Å²) in [6.45, 7) is 6.42. The lowest BCUT2D eigenvalue weighted by Crippen LogP contribution is -2.54. The number of hydrogen-bond donors (Lipinski definition) is 4. The zero-order valence-electron chi connectivity index (χ0n) is 16.9. The van der Waals surface area contributed by atoms with E-state index in [1.54, 1.807) is 17.9 Å². The van der Waals surface area contributed by atoms with Gasteiger partial charge in [0.25, 0.3) is 0 Å². The van der Waals surface area contributed by atoms with Crippen molar-refractivity contribution in [3.05, 3.63) is 28.4 Å². The molecular weight excluding hydrogens is 388 g/mol. The number of amides is 2. The summed E-state index contributed by atoms with van der Waals surface area (Å²) in [7, 11) is 0. The van der Waals surface area contributed by atoms with Crippen molar-refractivity contribution in [2.45, 2.75) is 44.9 Å². The highest BCUT2D eigenvalue weighted by Crippen LogP contribution is 2.44. The molecule has 0 spiro atoms. The third-order valence-electron chi connectivity index (χ3n) is 5.74. The average Bonchev–Trinajstić information content (AvgIpc) is 2.98. The molecule has 0 aromatic carbocycles. The Bertz CT molecular complexity index is 871. The van der Waals surface area contributed by atoms with Crippen molar-refractivity contribution in [2.24, 2.45) is 17.6 Å². The number of nitrogens with one attached hydrogen (secondary N) is 2. The summed E-state index contributed by atoms with van der Waals surface area (Å²) in [5, 5.41) is 10.3. The van der Waals surface area contributed by atoms with Crippen molar-refractivity contribution in [3.8, 4) is 0 Å². The number of likely N-dealkylation sites (tertiary alicyclic amines) is 1. The molecule has 0 radical (unpaired) electrons. The smallest absolute Gasteiger partial charge is 0.313 e. The van der Waals surface area contributed by atoms with E-state index in [1.165, 1.54) is 24.2 Å². The van der Waals surface area contributed by atoms with Crippen molar-refractivity contribution in [1.82, 2.24) is 9.88 Å². The Hall–Kier alpha value is -2.55. The lowest BCUT2D eigenvalue weighted by Gasteiger charge is -2.42. The van der Waals surface area contributed by atoms with E-state index >= 15 is 0 Å². The Morgan fingerprint density at radius 3 is 2.69 bits per heavy atom. The summed E-state index contributed by atoms with van der Waals surface area (Å²) < 4.78 is 0. The van der Waals surface area contributed by atoms with Crippen LogP contribution in [0.3, 0.4) is 0 Å². The molecule has 0 bridgehead atoms. The van der Waals surface area contributed by atoms with Crippen LogP contribution in [0.25, 0.3) is 0 Å². The predicted octanol–water partition coefficient (Wildman–Crippen LogP) is 2.11. The van der Waals surface area contributed by atoms with Gasteiger partial charge in [-0.2, -0.15) is 0 Å². The Balaban J connectivity index is 1.77. The molecule has 6 N–H and O–H groups in total. The SMILES string of the molecule is Cc1cc(NC(=O)C(=O)N2C[C@H](C)CC[C@H]2C2SC(C=N)=C(N)C2C)cnc1N. The average molecular weight is 417 g/mol. The highest BCUT2D eigenvalue weighted by molar-refractivity contribution is 8.04. The third-order valence-corrected chi connectivity index (χ3v) is 7.34. The molecule has 2 amide bonds. The van der Waals surface area contributed by atoms with Gasteiger partial charge < -0.3 is 27.1 Å². The summed E-state index contributed by atoms with van der Waals surface area (Å²) in [4.78, 5) is 32.2. The van der Waals surface area contributed by atoms with Gasteiger partial charge in [0, 0.05) is 40.6 Å². The van der Waals surface area contributed by atoms with Crippen molar-refractivity contribution >= 4 is 41.3 Å². The number of carbonyl (C=O) groups is 2. The molecule has 1 aromatic rings. The predicted molar refractivity (Wildman–Crippen MR) is 116 cm³/mol. The molecule has 0 saturated carbocycles. The van der Waals surface area contributed by atoms with Gasteiger partial charge in [-0.05, 0) is 37.3 Å². The minimum Gasteiger partial charge on any atom is -0.401 e. The van der Waals surface area contributed by atoms with Crippen LogP contribution in [0.1, 0.15) is 32.3 Å². The van der Waals surface area contributed by atoms with Gasteiger partial charge >= 0.3 is 11.8 Å². The molecule has 3 heterocycles. The van der Waals surface area contributed by atoms with Crippen LogP contribution in [0.5, 0.6) is 0 Å². The lowest BCUT2D eigenvalue weighted by atomic mass is 9.87. The molecule has 29 heavy (non-hydrogen) atoms. The first-order valence-electron chi connectivity index (χ1n) is 9.73. The number of aromatic nitrogens is 1. The zero-order chi connectivity index (χ0) is 21.3. The number of aryl methyl sites for hydroxylation is 1. The van der Waals surface area contributed by atoms with Crippen LogP contribution in [0.2, 0.25) is 0 Å². The van der Waals surface area contributed by atoms with Crippen molar-refractivity contribution in [2.75, 3.05) is 17.6 Å². The van der Waals surface area contributed by atoms with Gasteiger partial charge in [0.15, 0.2) is 0 Å². The standard InChI is InChI=1S/C20H28N6O2S/c1-10-4-5-14(17-12(3)16(22)15(7-21)29-17)26(9-10)20(28)19(27)25-13-6-11(2)18(23)24-8-13/h6-8,10,12,14,17,21H,4-5,9,22H2,1-3H3,(H2,23,24)(H,25,27)/t10-,12?,14+,17?/m1/s1. The number of thioether (sulfide) groups is 1. The molecule has 1 fully saturated rings. The van der Waals surface area contributed by atoms with Crippen LogP contribution >= 0.6 is 11.8 Å². The Morgan fingerprint density at radius 1 is 1.34 bits per heavy atom. The molecule has 2 aliphatic rings. The first-order valence-corrected chi connectivity index (χ1v) is 10.6. The summed E-state index contributed by atoms with van der Waals surface area (Å²) in [6, 6.07) is 1.59. The molecule has 4 atom stereocenters. The lowest BCUT2D eigenvalue weighted by molar-refractivity contribution is -0.146. The zero-order valence-corrected chi connectivity index (χ0v) is 17.8. The number of piperidine rings is 1. The van der Waals surface area contributed by atoms with E-state index in [0.717, 1.165) is 23.3 Å². The number of pyridine rings is 1. The topological polar surface area (TPSA) is 138 Å². The largest absolute Gasteiger partial charge is 0.401 e. The van der Waals surface area contributed by atoms with Crippen LogP contribution < -0.4 is 16.8 Å². The van der Waals surface area contributed by atoms with E-state index in [-0.39, 0.29) is 17.2 Å². The minimum atomic E-state index is -0.682. The van der Waals surface area contributed by atoms with Gasteiger partial charge in [-0.1, -0.05) is 13.8 Å². The number of carbonyl (C=O) groups excluding carboxylic acids is 2. The summed E-state index contributed by atoms with van der Waals surface area (Å²) in [6.07, 6.45) is 4.51. The van der Waals surface area contributed by atoms with Crippen molar-refractivity contribution < 1.29 is 9.59 Å². The third kappa shape index (κ3) is 4.24. The molecule has 2 aliphatic heterocycles. The number of nitrogen functional groups attached to an aromatic ring is 1. The van der Waals surface area contributed by atoms with E-state index < -0.39 is 11.8 Å². The number of allylic oxidation sites excluding steroid dienone is 2. The minimum absolute atomic E-state index is 0.0382. The maximum Gasteiger partial charge on any atom is 0.313 e. The quantitative estimate of drug-likeness (QED) is 0.440. The van der Waals surface area contributed by atoms with E-state index in [0.29, 0.717) is 29.7 Å². The molecule has 1 saturated heterocycles. The molecule has 9 heteroatoms. The first kappa shape index (κ1) is 21.2. The van der Waals surface area contributed by atoms with E-state index in [4.69, 9.17) is 16.9 Å². The van der Waals surface area contributed by atoms with Crippen molar-refractivity contribution in [1.29, 1.82) is 5.41 Å². The maximum absolute atomic E-state index is 13.1. The number of anilines is 2. The monoisotopic (exact) mass is 416 g/mol. The van der Waals surface area contributed by atoms with Crippen LogP contribution in [0.15, 0.2) is 22.9 Å². The van der Waals surface area contributed by atoms with Gasteiger partial charge in [0.05, 0.1) is 11.9 Å². The maximum atomic E-state index is 13.1. The molecular formula is C20H28N6O2S. The number of rotatable bonds is 3. The van der Waals surface area contributed by atoms with Gasteiger partial charge in [0.2, 0.25) is 0 Å². The van der Waals surface area contributed by atoms with Crippen LogP contribution in [0, 0.1) is 24.2 Å². The highest BCUT2D eigenvalue weighted by atomic mass is 32.2. The summed E-state index contributed by atoms with van der Waals surface area (Å²) in [5.41, 5.74) is 13.8. The molecule has 1 aromatic heterocycles. The molecule has 2 unspecified atom stereocenters. The summed E-state index contributed by atoms with van der Waals surface area (Å²) in [5.74, 6) is -0.488. The normalized spacial score (nSPS) is 27.1. The molecule has 0 aliphatic carbocycles. The fourth-order valence-corrected chi connectivity index (χ4v) is 5.44. The van der Waals surface area contributed by atoms with Gasteiger partial charge in [-0.15, -0.1) is 11.8 Å². The Kier molecular flexibility index (Phi) is 6.16. The second-order valence-corrected chi connectivity index (χ2v) is 9.14. The van der Waals surface area contributed by atoms with Crippen LogP contribution in [0.4, 0.5) is 11.5 Å². The first-order chi connectivity index (χ1) is 13.7. The molecule has 3 rings (SSSR count). The van der Waals surface area contributed by atoms with Gasteiger partial charge in [-0.3, -0.25) is 9.59 Å². The van der Waals surface area contributed by atoms with Crippen LogP contribution in [-0.4, -0.2) is 45.7 Å². The second-order valence-electron chi connectivity index (χ2n) is 7.92. The number of nitrogens with two attached hydrogens (primary N) is 2. The van der Waals surface area contributed by atoms with Crippen LogP contribution in [-0.2, 0) is 9.59 Å². The Labute approximate surface area is 175 Å². The van der Waals surface area contributed by atoms with E-state index in [1.807, 2.05) is 6.92 Å². The van der Waals surface area contributed by atoms with Crippen molar-refractivity contribution in [3.63, 3.8) is 0 Å². The molecule has 156 valence electrons. The van der Waals surface area contributed by atoms with Gasteiger partial charge in [0.1, 0.15) is 5.82 Å².